The Morgan fingerprint density at radius 1 is 1.37 bits per heavy atom. The highest BCUT2D eigenvalue weighted by Crippen LogP contribution is 2.10. The van der Waals surface area contributed by atoms with Gasteiger partial charge in [-0.25, -0.2) is 0 Å². The topological polar surface area (TPSA) is 55.8 Å². The molecule has 1 rings (SSSR count). The molecule has 1 aliphatic heterocycles. The summed E-state index contributed by atoms with van der Waals surface area (Å²) >= 11 is 0. The molecule has 1 heterocycles. The van der Waals surface area contributed by atoms with Crippen molar-refractivity contribution in [1.82, 2.24) is 15.1 Å². The van der Waals surface area contributed by atoms with Crippen LogP contribution in [0.2, 0.25) is 0 Å². The first-order valence-electron chi connectivity index (χ1n) is 7.32. The molecule has 19 heavy (non-hydrogen) atoms. The maximum atomic E-state index is 11.6. The molecule has 0 aromatic carbocycles. The summed E-state index contributed by atoms with van der Waals surface area (Å²) in [6.45, 7) is 12.5. The largest absolute Gasteiger partial charge is 0.392 e. The molecule has 2 N–H and O–H groups in total. The monoisotopic (exact) mass is 271 g/mol. The summed E-state index contributed by atoms with van der Waals surface area (Å²) in [5.74, 6) is 0.133. The number of nitrogens with zero attached hydrogens (tertiary/aromatic N) is 2. The van der Waals surface area contributed by atoms with Crippen molar-refractivity contribution in [2.75, 3.05) is 32.7 Å². The molecule has 0 aliphatic carbocycles. The third-order valence-corrected chi connectivity index (χ3v) is 3.45. The predicted molar refractivity (Wildman–Crippen MR) is 77.1 cm³/mol. The van der Waals surface area contributed by atoms with Crippen molar-refractivity contribution in [2.24, 2.45) is 0 Å². The zero-order valence-corrected chi connectivity index (χ0v) is 12.7. The van der Waals surface area contributed by atoms with Crippen LogP contribution in [0, 0.1) is 0 Å². The van der Waals surface area contributed by atoms with Gasteiger partial charge in [0.05, 0.1) is 6.10 Å². The molecule has 1 aliphatic rings. The summed E-state index contributed by atoms with van der Waals surface area (Å²) in [5.41, 5.74) is 0. The molecule has 0 unspecified atom stereocenters. The molecule has 0 spiro atoms. The molecule has 0 aromatic heterocycles. The van der Waals surface area contributed by atoms with Gasteiger partial charge in [0, 0.05) is 51.2 Å². The average molecular weight is 271 g/mol. The van der Waals surface area contributed by atoms with Crippen molar-refractivity contribution in [3.8, 4) is 0 Å². The number of carbonyl (C=O) groups excluding carboxylic acids is 1. The Balaban J connectivity index is 2.26. The van der Waals surface area contributed by atoms with Crippen LogP contribution in [0.1, 0.15) is 34.1 Å². The molecule has 0 bridgehead atoms. The molecule has 5 heteroatoms. The van der Waals surface area contributed by atoms with Crippen LogP contribution in [-0.2, 0) is 4.79 Å². The van der Waals surface area contributed by atoms with Crippen molar-refractivity contribution in [1.29, 1.82) is 0 Å². The van der Waals surface area contributed by atoms with Gasteiger partial charge in [0.25, 0.3) is 0 Å². The number of amides is 1. The molecule has 0 aromatic rings. The van der Waals surface area contributed by atoms with Crippen LogP contribution in [0.3, 0.4) is 0 Å². The lowest BCUT2D eigenvalue weighted by atomic mass is 10.1. The smallest absolute Gasteiger partial charge is 0.221 e. The van der Waals surface area contributed by atoms with E-state index in [9.17, 15) is 9.90 Å². The summed E-state index contributed by atoms with van der Waals surface area (Å²) < 4.78 is 0. The SMILES string of the molecule is CC(C)NC(=O)CCN1CCN(C[C@H](C)O)[C@H](C)C1. The normalized spacial score (nSPS) is 23.6. The van der Waals surface area contributed by atoms with Crippen LogP contribution < -0.4 is 5.32 Å². The Kier molecular flexibility index (Phi) is 6.75. The Bertz CT molecular complexity index is 282. The molecule has 0 radical (unpaired) electrons. The minimum atomic E-state index is -0.272. The standard InChI is InChI=1S/C14H29N3O2/c1-11(2)15-14(19)5-6-16-7-8-17(10-13(4)18)12(3)9-16/h11-13,18H,5-10H2,1-4H3,(H,15,19)/t12-,13+/m1/s1. The lowest BCUT2D eigenvalue weighted by molar-refractivity contribution is -0.122. The zero-order chi connectivity index (χ0) is 14.4. The first-order chi connectivity index (χ1) is 8.88. The second-order valence-corrected chi connectivity index (χ2v) is 5.97. The van der Waals surface area contributed by atoms with Crippen LogP contribution in [0.25, 0.3) is 0 Å². The Hall–Kier alpha value is -0.650. The molecule has 0 saturated carbocycles. The van der Waals surface area contributed by atoms with Crippen LogP contribution in [0.5, 0.6) is 0 Å². The van der Waals surface area contributed by atoms with E-state index in [2.05, 4.69) is 22.0 Å². The van der Waals surface area contributed by atoms with Crippen LogP contribution in [0.4, 0.5) is 0 Å². The first-order valence-corrected chi connectivity index (χ1v) is 7.32. The maximum absolute atomic E-state index is 11.6. The lowest BCUT2D eigenvalue weighted by Crippen LogP contribution is -2.53. The van der Waals surface area contributed by atoms with Gasteiger partial charge in [0.15, 0.2) is 0 Å². The van der Waals surface area contributed by atoms with E-state index in [-0.39, 0.29) is 18.1 Å². The van der Waals surface area contributed by atoms with Crippen LogP contribution in [-0.4, -0.2) is 71.7 Å². The van der Waals surface area contributed by atoms with Crippen molar-refractivity contribution in [3.63, 3.8) is 0 Å². The van der Waals surface area contributed by atoms with E-state index in [0.717, 1.165) is 32.7 Å². The second kappa shape index (κ2) is 7.82. The van der Waals surface area contributed by atoms with E-state index in [4.69, 9.17) is 0 Å². The number of hydrogen-bond acceptors (Lipinski definition) is 4. The summed E-state index contributed by atoms with van der Waals surface area (Å²) in [4.78, 5) is 16.3. The van der Waals surface area contributed by atoms with Gasteiger partial charge in [-0.1, -0.05) is 0 Å². The minimum absolute atomic E-state index is 0.133. The van der Waals surface area contributed by atoms with Gasteiger partial charge in [0.1, 0.15) is 0 Å². The van der Waals surface area contributed by atoms with Gasteiger partial charge in [-0.3, -0.25) is 9.69 Å². The molecule has 5 nitrogen and oxygen atoms in total. The highest BCUT2D eigenvalue weighted by atomic mass is 16.3. The van der Waals surface area contributed by atoms with Gasteiger partial charge in [-0.05, 0) is 27.7 Å². The zero-order valence-electron chi connectivity index (χ0n) is 12.7. The molecular formula is C14H29N3O2. The summed E-state index contributed by atoms with van der Waals surface area (Å²) in [5, 5.41) is 12.4. The van der Waals surface area contributed by atoms with Crippen molar-refractivity contribution < 1.29 is 9.90 Å². The number of β-amino-alcohol motifs (C(OH)–C–C–N with tert-alkyl or cyclic N) is 1. The van der Waals surface area contributed by atoms with Gasteiger partial charge in [0.2, 0.25) is 5.91 Å². The third-order valence-electron chi connectivity index (χ3n) is 3.45. The van der Waals surface area contributed by atoms with Gasteiger partial charge < -0.3 is 15.3 Å². The fraction of sp³-hybridized carbons (Fsp3) is 0.929. The molecule has 1 amide bonds. The number of aliphatic hydroxyl groups is 1. The number of nitrogens with one attached hydrogen (secondary N) is 1. The quantitative estimate of drug-likeness (QED) is 0.729. The lowest BCUT2D eigenvalue weighted by Gasteiger charge is -2.40. The maximum Gasteiger partial charge on any atom is 0.221 e. The van der Waals surface area contributed by atoms with Gasteiger partial charge in [-0.2, -0.15) is 0 Å². The van der Waals surface area contributed by atoms with E-state index < -0.39 is 0 Å². The number of rotatable bonds is 6. The fourth-order valence-corrected chi connectivity index (χ4v) is 2.54. The average Bonchev–Trinajstić information content (AvgIpc) is 2.28. The van der Waals surface area contributed by atoms with E-state index >= 15 is 0 Å². The van der Waals surface area contributed by atoms with E-state index in [1.54, 1.807) is 0 Å². The number of hydrogen-bond donors (Lipinski definition) is 2. The van der Waals surface area contributed by atoms with Crippen LogP contribution in [0.15, 0.2) is 0 Å². The fourth-order valence-electron chi connectivity index (χ4n) is 2.54. The molecule has 1 saturated heterocycles. The number of aliphatic hydroxyl groups excluding tert-OH is 1. The molecular weight excluding hydrogens is 242 g/mol. The Morgan fingerprint density at radius 3 is 2.58 bits per heavy atom. The van der Waals surface area contributed by atoms with Crippen molar-refractivity contribution >= 4 is 5.91 Å². The van der Waals surface area contributed by atoms with Crippen molar-refractivity contribution in [3.05, 3.63) is 0 Å². The highest BCUT2D eigenvalue weighted by Gasteiger charge is 2.24. The molecule has 1 fully saturated rings. The second-order valence-electron chi connectivity index (χ2n) is 5.97. The Labute approximate surface area is 117 Å². The predicted octanol–water partition coefficient (Wildman–Crippen LogP) is 0.288. The molecule has 112 valence electrons. The minimum Gasteiger partial charge on any atom is -0.392 e. The van der Waals surface area contributed by atoms with Gasteiger partial charge >= 0.3 is 0 Å². The highest BCUT2D eigenvalue weighted by molar-refractivity contribution is 5.76. The van der Waals surface area contributed by atoms with Gasteiger partial charge in [-0.15, -0.1) is 0 Å². The van der Waals surface area contributed by atoms with E-state index in [1.807, 2.05) is 20.8 Å². The number of piperazine rings is 1. The summed E-state index contributed by atoms with van der Waals surface area (Å²) in [6, 6.07) is 0.658. The first kappa shape index (κ1) is 16.4. The number of carbonyl (C=O) groups is 1. The Morgan fingerprint density at radius 2 is 2.05 bits per heavy atom. The molecule has 2 atom stereocenters. The summed E-state index contributed by atoms with van der Waals surface area (Å²) in [6.07, 6.45) is 0.298. The van der Waals surface area contributed by atoms with Crippen LogP contribution >= 0.6 is 0 Å². The van der Waals surface area contributed by atoms with Crippen molar-refractivity contribution in [2.45, 2.75) is 52.3 Å². The summed E-state index contributed by atoms with van der Waals surface area (Å²) in [7, 11) is 0. The van der Waals surface area contributed by atoms with E-state index in [0.29, 0.717) is 12.5 Å². The third kappa shape index (κ3) is 6.36. The van der Waals surface area contributed by atoms with E-state index in [1.165, 1.54) is 0 Å².